The van der Waals surface area contributed by atoms with Gasteiger partial charge in [0.15, 0.2) is 0 Å². The summed E-state index contributed by atoms with van der Waals surface area (Å²) in [6.45, 7) is 1.04. The summed E-state index contributed by atoms with van der Waals surface area (Å²) in [5, 5.41) is 0. The lowest BCUT2D eigenvalue weighted by atomic mass is 10.1. The van der Waals surface area contributed by atoms with Crippen LogP contribution in [0.15, 0.2) is 22.7 Å². The van der Waals surface area contributed by atoms with Gasteiger partial charge in [-0.25, -0.2) is 4.39 Å². The van der Waals surface area contributed by atoms with Gasteiger partial charge in [0.25, 0.3) is 0 Å². The molecule has 0 spiro atoms. The minimum absolute atomic E-state index is 0.167. The van der Waals surface area contributed by atoms with Crippen molar-refractivity contribution in [2.24, 2.45) is 0 Å². The van der Waals surface area contributed by atoms with Crippen molar-refractivity contribution in [1.82, 2.24) is 4.90 Å². The predicted octanol–water partition coefficient (Wildman–Crippen LogP) is 3.08. The first-order chi connectivity index (χ1) is 6.58. The molecule has 0 atom stereocenters. The Morgan fingerprint density at radius 1 is 1.29 bits per heavy atom. The first-order valence-corrected chi connectivity index (χ1v) is 5.47. The maximum atomic E-state index is 13.0. The van der Waals surface area contributed by atoms with Gasteiger partial charge in [-0.15, -0.1) is 0 Å². The fraction of sp³-hybridized carbons (Fsp3) is 0.455. The zero-order chi connectivity index (χ0) is 10.6. The van der Waals surface area contributed by atoms with Gasteiger partial charge in [-0.05, 0) is 57.2 Å². The summed E-state index contributed by atoms with van der Waals surface area (Å²) in [6, 6.07) is 5.05. The fourth-order valence-electron chi connectivity index (χ4n) is 1.35. The van der Waals surface area contributed by atoms with E-state index in [4.69, 9.17) is 0 Å². The largest absolute Gasteiger partial charge is 0.309 e. The number of hydrogen-bond donors (Lipinski definition) is 0. The zero-order valence-electron chi connectivity index (χ0n) is 8.56. The van der Waals surface area contributed by atoms with Gasteiger partial charge in [-0.2, -0.15) is 0 Å². The molecule has 0 aromatic heterocycles. The summed E-state index contributed by atoms with van der Waals surface area (Å²) in [4.78, 5) is 2.13. The lowest BCUT2D eigenvalue weighted by molar-refractivity contribution is 0.400. The van der Waals surface area contributed by atoms with E-state index in [0.717, 1.165) is 29.4 Å². The third-order valence-electron chi connectivity index (χ3n) is 1.99. The number of benzene rings is 1. The Hall–Kier alpha value is -0.410. The van der Waals surface area contributed by atoms with Gasteiger partial charge in [-0.1, -0.05) is 15.9 Å². The molecule has 0 amide bonds. The molecule has 78 valence electrons. The summed E-state index contributed by atoms with van der Waals surface area (Å²) in [6.07, 6.45) is 1.98. The smallest absolute Gasteiger partial charge is 0.124 e. The number of rotatable bonds is 4. The average molecular weight is 260 g/mol. The molecule has 0 N–H and O–H groups in total. The van der Waals surface area contributed by atoms with E-state index in [1.54, 1.807) is 6.07 Å². The third kappa shape index (κ3) is 4.20. The van der Waals surface area contributed by atoms with E-state index in [1.165, 1.54) is 6.07 Å². The second-order valence-electron chi connectivity index (χ2n) is 3.68. The molecule has 0 heterocycles. The second-order valence-corrected chi connectivity index (χ2v) is 4.60. The van der Waals surface area contributed by atoms with Crippen LogP contribution in [0.3, 0.4) is 0 Å². The van der Waals surface area contributed by atoms with Crippen LogP contribution in [0.25, 0.3) is 0 Å². The number of hydrogen-bond acceptors (Lipinski definition) is 1. The molecule has 0 aliphatic heterocycles. The first kappa shape index (κ1) is 11.7. The minimum atomic E-state index is -0.167. The average Bonchev–Trinajstić information content (AvgIpc) is 2.01. The summed E-state index contributed by atoms with van der Waals surface area (Å²) in [7, 11) is 4.09. The topological polar surface area (TPSA) is 3.24 Å². The summed E-state index contributed by atoms with van der Waals surface area (Å²) in [5.41, 5.74) is 1.05. The second kappa shape index (κ2) is 5.47. The van der Waals surface area contributed by atoms with Gasteiger partial charge in [-0.3, -0.25) is 0 Å². The van der Waals surface area contributed by atoms with Crippen molar-refractivity contribution in [2.75, 3.05) is 20.6 Å². The van der Waals surface area contributed by atoms with Crippen molar-refractivity contribution in [1.29, 1.82) is 0 Å². The standard InChI is InChI=1S/C11H15BrFN/c1-14(2)5-3-4-9-6-10(12)8-11(13)7-9/h6-8H,3-5H2,1-2H3. The van der Waals surface area contributed by atoms with Gasteiger partial charge in [0.1, 0.15) is 5.82 Å². The molecule has 0 saturated carbocycles. The highest BCUT2D eigenvalue weighted by Crippen LogP contribution is 2.15. The van der Waals surface area contributed by atoms with E-state index in [0.29, 0.717) is 0 Å². The predicted molar refractivity (Wildman–Crippen MR) is 61.0 cm³/mol. The third-order valence-corrected chi connectivity index (χ3v) is 2.45. The zero-order valence-corrected chi connectivity index (χ0v) is 10.1. The molecule has 0 radical (unpaired) electrons. The van der Waals surface area contributed by atoms with Crippen molar-refractivity contribution in [3.63, 3.8) is 0 Å². The number of halogens is 2. The van der Waals surface area contributed by atoms with Crippen LogP contribution in [-0.4, -0.2) is 25.5 Å². The Bertz CT molecular complexity index is 279. The van der Waals surface area contributed by atoms with E-state index in [-0.39, 0.29) is 5.82 Å². The van der Waals surface area contributed by atoms with Crippen molar-refractivity contribution in [3.8, 4) is 0 Å². The highest BCUT2D eigenvalue weighted by atomic mass is 79.9. The molecule has 0 unspecified atom stereocenters. The van der Waals surface area contributed by atoms with Crippen molar-refractivity contribution < 1.29 is 4.39 Å². The van der Waals surface area contributed by atoms with Crippen LogP contribution in [0.5, 0.6) is 0 Å². The van der Waals surface area contributed by atoms with Crippen LogP contribution < -0.4 is 0 Å². The highest BCUT2D eigenvalue weighted by Gasteiger charge is 1.99. The minimum Gasteiger partial charge on any atom is -0.309 e. The van der Waals surface area contributed by atoms with Crippen molar-refractivity contribution in [3.05, 3.63) is 34.1 Å². The molecule has 14 heavy (non-hydrogen) atoms. The molecule has 0 saturated heterocycles. The van der Waals surface area contributed by atoms with Gasteiger partial charge in [0, 0.05) is 4.47 Å². The summed E-state index contributed by atoms with van der Waals surface area (Å²) >= 11 is 3.28. The maximum absolute atomic E-state index is 13.0. The summed E-state index contributed by atoms with van der Waals surface area (Å²) in [5.74, 6) is -0.167. The molecular weight excluding hydrogens is 245 g/mol. The SMILES string of the molecule is CN(C)CCCc1cc(F)cc(Br)c1. The molecule has 1 rings (SSSR count). The Labute approximate surface area is 93.0 Å². The molecule has 1 aromatic carbocycles. The lowest BCUT2D eigenvalue weighted by Crippen LogP contribution is -2.13. The Kier molecular flexibility index (Phi) is 4.55. The number of nitrogens with zero attached hydrogens (tertiary/aromatic N) is 1. The van der Waals surface area contributed by atoms with Gasteiger partial charge < -0.3 is 4.90 Å². The van der Waals surface area contributed by atoms with Crippen LogP contribution in [0, 0.1) is 5.82 Å². The van der Waals surface area contributed by atoms with Crippen LogP contribution in [0.4, 0.5) is 4.39 Å². The normalized spacial score (nSPS) is 10.9. The van der Waals surface area contributed by atoms with E-state index < -0.39 is 0 Å². The molecule has 0 aliphatic carbocycles. The number of aryl methyl sites for hydroxylation is 1. The van der Waals surface area contributed by atoms with Crippen LogP contribution >= 0.6 is 15.9 Å². The van der Waals surface area contributed by atoms with Crippen molar-refractivity contribution in [2.45, 2.75) is 12.8 Å². The quantitative estimate of drug-likeness (QED) is 0.804. The van der Waals surface area contributed by atoms with E-state index >= 15 is 0 Å². The van der Waals surface area contributed by atoms with Gasteiger partial charge in [0.05, 0.1) is 0 Å². The fourth-order valence-corrected chi connectivity index (χ4v) is 1.87. The molecule has 1 aromatic rings. The molecule has 0 fully saturated rings. The van der Waals surface area contributed by atoms with Crippen LogP contribution in [0.2, 0.25) is 0 Å². The maximum Gasteiger partial charge on any atom is 0.124 e. The van der Waals surface area contributed by atoms with Crippen molar-refractivity contribution >= 4 is 15.9 Å². The molecule has 0 bridgehead atoms. The van der Waals surface area contributed by atoms with Gasteiger partial charge >= 0.3 is 0 Å². The van der Waals surface area contributed by atoms with Gasteiger partial charge in [0.2, 0.25) is 0 Å². The molecule has 3 heteroatoms. The monoisotopic (exact) mass is 259 g/mol. The molecular formula is C11H15BrFN. The van der Waals surface area contributed by atoms with E-state index in [2.05, 4.69) is 20.8 Å². The van der Waals surface area contributed by atoms with E-state index in [1.807, 2.05) is 20.2 Å². The Balaban J connectivity index is 2.50. The Morgan fingerprint density at radius 2 is 2.00 bits per heavy atom. The highest BCUT2D eigenvalue weighted by molar-refractivity contribution is 9.10. The molecule has 1 nitrogen and oxygen atoms in total. The molecule has 0 aliphatic rings. The van der Waals surface area contributed by atoms with E-state index in [9.17, 15) is 4.39 Å². The first-order valence-electron chi connectivity index (χ1n) is 4.67. The summed E-state index contributed by atoms with van der Waals surface area (Å²) < 4.78 is 13.8. The van der Waals surface area contributed by atoms with Crippen LogP contribution in [-0.2, 0) is 6.42 Å². The Morgan fingerprint density at radius 3 is 2.57 bits per heavy atom. The van der Waals surface area contributed by atoms with Crippen LogP contribution in [0.1, 0.15) is 12.0 Å². The lowest BCUT2D eigenvalue weighted by Gasteiger charge is -2.09.